The molecule has 8 heteroatoms. The number of aliphatic hydroxyl groups is 1. The lowest BCUT2D eigenvalue weighted by molar-refractivity contribution is 0.311. The molecular formula is C18H18ClFN4O2. The summed E-state index contributed by atoms with van der Waals surface area (Å²) in [5, 5.41) is 15.9. The number of pyridine rings is 2. The van der Waals surface area contributed by atoms with Crippen LogP contribution >= 0.6 is 11.6 Å². The zero-order chi connectivity index (χ0) is 18.7. The molecule has 3 rings (SSSR count). The molecule has 4 N–H and O–H groups in total. The minimum absolute atomic E-state index is 0.0195. The first-order valence-corrected chi connectivity index (χ1v) is 8.45. The molecule has 1 unspecified atom stereocenters. The summed E-state index contributed by atoms with van der Waals surface area (Å²) in [7, 11) is 0. The van der Waals surface area contributed by atoms with Gasteiger partial charge in [-0.25, -0.2) is 9.37 Å². The maximum absolute atomic E-state index is 14.5. The van der Waals surface area contributed by atoms with Gasteiger partial charge < -0.3 is 20.7 Å². The van der Waals surface area contributed by atoms with Gasteiger partial charge in [-0.1, -0.05) is 11.6 Å². The van der Waals surface area contributed by atoms with E-state index < -0.39 is 11.9 Å². The quantitative estimate of drug-likeness (QED) is 0.530. The second-order valence-corrected chi connectivity index (χ2v) is 6.26. The summed E-state index contributed by atoms with van der Waals surface area (Å²) in [6, 6.07) is 7.90. The van der Waals surface area contributed by atoms with E-state index in [4.69, 9.17) is 16.7 Å². The molecule has 0 saturated carbocycles. The standard InChI is InChI=1S/C18H18ClFN4O2/c1-10(23-17-16(20)15(4-5-22-17)21-6-7-25)13-9-11-8-12(19)2-3-14(11)24-18(13)26/h2-5,8-10,25H,6-7H2,1H3,(H,24,26)(H2,21,22,23). The molecule has 3 aromatic rings. The van der Waals surface area contributed by atoms with Crippen molar-refractivity contribution in [2.24, 2.45) is 0 Å². The number of H-pyrrole nitrogens is 1. The van der Waals surface area contributed by atoms with E-state index in [1.54, 1.807) is 31.2 Å². The average Bonchev–Trinajstić information content (AvgIpc) is 2.62. The molecule has 6 nitrogen and oxygen atoms in total. The van der Waals surface area contributed by atoms with Crippen LogP contribution in [-0.2, 0) is 0 Å². The Kier molecular flexibility index (Phi) is 5.39. The van der Waals surface area contributed by atoms with Gasteiger partial charge in [0.1, 0.15) is 0 Å². The maximum Gasteiger partial charge on any atom is 0.253 e. The largest absolute Gasteiger partial charge is 0.395 e. The number of halogens is 2. The molecule has 0 spiro atoms. The summed E-state index contributed by atoms with van der Waals surface area (Å²) in [6.07, 6.45) is 1.45. The first-order valence-electron chi connectivity index (χ1n) is 8.08. The second kappa shape index (κ2) is 7.72. The van der Waals surface area contributed by atoms with Crippen molar-refractivity contribution in [1.82, 2.24) is 9.97 Å². The van der Waals surface area contributed by atoms with Crippen LogP contribution in [0.5, 0.6) is 0 Å². The highest BCUT2D eigenvalue weighted by molar-refractivity contribution is 6.31. The molecule has 0 amide bonds. The van der Waals surface area contributed by atoms with Gasteiger partial charge in [-0.05, 0) is 37.3 Å². The van der Waals surface area contributed by atoms with Crippen molar-refractivity contribution in [3.05, 3.63) is 63.3 Å². The van der Waals surface area contributed by atoms with Crippen LogP contribution in [0.15, 0.2) is 41.3 Å². The minimum Gasteiger partial charge on any atom is -0.395 e. The van der Waals surface area contributed by atoms with Gasteiger partial charge in [0.2, 0.25) is 0 Å². The van der Waals surface area contributed by atoms with Gasteiger partial charge in [-0.2, -0.15) is 0 Å². The van der Waals surface area contributed by atoms with Crippen molar-refractivity contribution in [3.8, 4) is 0 Å². The number of fused-ring (bicyclic) bond motifs is 1. The molecule has 0 aliphatic rings. The number of nitrogens with one attached hydrogen (secondary N) is 3. The Morgan fingerprint density at radius 3 is 2.92 bits per heavy atom. The van der Waals surface area contributed by atoms with Gasteiger partial charge in [0.05, 0.1) is 18.3 Å². The highest BCUT2D eigenvalue weighted by Crippen LogP contribution is 2.25. The molecule has 2 heterocycles. The van der Waals surface area contributed by atoms with Crippen molar-refractivity contribution < 1.29 is 9.50 Å². The Labute approximate surface area is 154 Å². The molecule has 0 aliphatic carbocycles. The third-order valence-electron chi connectivity index (χ3n) is 3.97. The molecule has 1 aromatic carbocycles. The number of hydrogen-bond acceptors (Lipinski definition) is 5. The summed E-state index contributed by atoms with van der Waals surface area (Å²) < 4.78 is 14.5. The fourth-order valence-electron chi connectivity index (χ4n) is 2.67. The van der Waals surface area contributed by atoms with Crippen LogP contribution in [0.25, 0.3) is 10.9 Å². The number of aromatic amines is 1. The van der Waals surface area contributed by atoms with Gasteiger partial charge in [-0.3, -0.25) is 4.79 Å². The number of benzene rings is 1. The topological polar surface area (TPSA) is 90.0 Å². The SMILES string of the molecule is CC(Nc1nccc(NCCO)c1F)c1cc2cc(Cl)ccc2[nH]c1=O. The van der Waals surface area contributed by atoms with Gasteiger partial charge >= 0.3 is 0 Å². The van der Waals surface area contributed by atoms with Gasteiger partial charge in [0, 0.05) is 34.2 Å². The molecule has 0 aliphatic heterocycles. The molecule has 26 heavy (non-hydrogen) atoms. The molecule has 2 aromatic heterocycles. The van der Waals surface area contributed by atoms with E-state index in [1.165, 1.54) is 12.3 Å². The maximum atomic E-state index is 14.5. The highest BCUT2D eigenvalue weighted by Gasteiger charge is 2.16. The molecular weight excluding hydrogens is 359 g/mol. The monoisotopic (exact) mass is 376 g/mol. The van der Waals surface area contributed by atoms with E-state index in [0.717, 1.165) is 5.39 Å². The van der Waals surface area contributed by atoms with Crippen molar-refractivity contribution in [1.29, 1.82) is 0 Å². The lowest BCUT2D eigenvalue weighted by Gasteiger charge is -2.16. The normalized spacial score (nSPS) is 12.2. The summed E-state index contributed by atoms with van der Waals surface area (Å²) in [5.74, 6) is -0.556. The molecule has 0 bridgehead atoms. The number of hydrogen-bond donors (Lipinski definition) is 4. The van der Waals surface area contributed by atoms with Gasteiger partial charge in [0.25, 0.3) is 5.56 Å². The average molecular weight is 377 g/mol. The van der Waals surface area contributed by atoms with E-state index in [2.05, 4.69) is 20.6 Å². The summed E-state index contributed by atoms with van der Waals surface area (Å²) in [4.78, 5) is 19.2. The highest BCUT2D eigenvalue weighted by atomic mass is 35.5. The summed E-state index contributed by atoms with van der Waals surface area (Å²) in [6.45, 7) is 1.85. The van der Waals surface area contributed by atoms with Gasteiger partial charge in [-0.15, -0.1) is 0 Å². The Bertz CT molecular complexity index is 993. The number of anilines is 2. The first-order chi connectivity index (χ1) is 12.5. The first kappa shape index (κ1) is 18.2. The lowest BCUT2D eigenvalue weighted by atomic mass is 10.1. The Balaban J connectivity index is 1.91. The zero-order valence-corrected chi connectivity index (χ0v) is 14.8. The van der Waals surface area contributed by atoms with Crippen LogP contribution in [0.3, 0.4) is 0 Å². The summed E-state index contributed by atoms with van der Waals surface area (Å²) in [5.41, 5.74) is 1.07. The molecule has 0 fully saturated rings. The minimum atomic E-state index is -0.576. The van der Waals surface area contributed by atoms with E-state index >= 15 is 0 Å². The van der Waals surface area contributed by atoms with Crippen LogP contribution < -0.4 is 16.2 Å². The lowest BCUT2D eigenvalue weighted by Crippen LogP contribution is -2.20. The Hall–Kier alpha value is -2.64. The number of aromatic nitrogens is 2. The van der Waals surface area contributed by atoms with E-state index in [0.29, 0.717) is 16.1 Å². The van der Waals surface area contributed by atoms with Gasteiger partial charge in [0.15, 0.2) is 11.6 Å². The van der Waals surface area contributed by atoms with Crippen molar-refractivity contribution in [2.45, 2.75) is 13.0 Å². The predicted octanol–water partition coefficient (Wildman–Crippen LogP) is 3.29. The van der Waals surface area contributed by atoms with Crippen molar-refractivity contribution in [3.63, 3.8) is 0 Å². The van der Waals surface area contributed by atoms with E-state index in [1.807, 2.05) is 0 Å². The van der Waals surface area contributed by atoms with Crippen LogP contribution in [0.4, 0.5) is 15.9 Å². The third kappa shape index (κ3) is 3.79. The van der Waals surface area contributed by atoms with Crippen LogP contribution in [0, 0.1) is 5.82 Å². The molecule has 0 saturated heterocycles. The number of rotatable bonds is 6. The fraction of sp³-hybridized carbons (Fsp3) is 0.222. The molecule has 1 atom stereocenters. The van der Waals surface area contributed by atoms with Crippen molar-refractivity contribution in [2.75, 3.05) is 23.8 Å². The second-order valence-electron chi connectivity index (χ2n) is 5.82. The Morgan fingerprint density at radius 2 is 2.15 bits per heavy atom. The van der Waals surface area contributed by atoms with Crippen LogP contribution in [-0.4, -0.2) is 28.2 Å². The van der Waals surface area contributed by atoms with Crippen LogP contribution in [0.2, 0.25) is 5.02 Å². The Morgan fingerprint density at radius 1 is 1.35 bits per heavy atom. The predicted molar refractivity (Wildman–Crippen MR) is 101 cm³/mol. The van der Waals surface area contributed by atoms with Crippen molar-refractivity contribution >= 4 is 34.0 Å². The summed E-state index contributed by atoms with van der Waals surface area (Å²) >= 11 is 6.01. The molecule has 136 valence electrons. The third-order valence-corrected chi connectivity index (χ3v) is 4.21. The van der Waals surface area contributed by atoms with Crippen LogP contribution in [0.1, 0.15) is 18.5 Å². The van der Waals surface area contributed by atoms with E-state index in [9.17, 15) is 9.18 Å². The number of nitrogens with zero attached hydrogens (tertiary/aromatic N) is 1. The van der Waals surface area contributed by atoms with E-state index in [-0.39, 0.29) is 30.2 Å². The molecule has 0 radical (unpaired) electrons. The zero-order valence-electron chi connectivity index (χ0n) is 14.0. The number of aliphatic hydroxyl groups excluding tert-OH is 1. The fourth-order valence-corrected chi connectivity index (χ4v) is 2.85. The smallest absolute Gasteiger partial charge is 0.253 e.